The van der Waals surface area contributed by atoms with Gasteiger partial charge in [0, 0.05) is 12.2 Å². The van der Waals surface area contributed by atoms with Gasteiger partial charge in [-0.3, -0.25) is 0 Å². The summed E-state index contributed by atoms with van der Waals surface area (Å²) in [5.74, 6) is 0.751. The molecule has 4 nitrogen and oxygen atoms in total. The van der Waals surface area contributed by atoms with Crippen LogP contribution in [0, 0.1) is 0 Å². The second-order valence-electron chi connectivity index (χ2n) is 7.44. The van der Waals surface area contributed by atoms with E-state index in [2.05, 4.69) is 31.4 Å². The fraction of sp³-hybridized carbons (Fsp3) is 0.381. The largest absolute Gasteiger partial charge is 0.494 e. The molecule has 2 N–H and O–H groups in total. The Bertz CT molecular complexity index is 781. The van der Waals surface area contributed by atoms with Gasteiger partial charge in [0.25, 0.3) is 0 Å². The van der Waals surface area contributed by atoms with E-state index < -0.39 is 17.8 Å². The number of carbonyl (C=O) groups is 1. The molecular weight excluding hydrogens is 369 g/mol. The van der Waals surface area contributed by atoms with Gasteiger partial charge in [-0.05, 0) is 47.7 Å². The number of nitrogens with one attached hydrogen (secondary N) is 2. The van der Waals surface area contributed by atoms with Crippen LogP contribution in [-0.2, 0) is 11.6 Å². The lowest BCUT2D eigenvalue weighted by Gasteiger charge is -2.19. The molecule has 0 spiro atoms. The van der Waals surface area contributed by atoms with Gasteiger partial charge < -0.3 is 15.4 Å². The van der Waals surface area contributed by atoms with Crippen molar-refractivity contribution in [2.45, 2.75) is 38.8 Å². The van der Waals surface area contributed by atoms with Crippen molar-refractivity contribution < 1.29 is 22.7 Å². The number of anilines is 1. The van der Waals surface area contributed by atoms with Crippen LogP contribution in [0.5, 0.6) is 5.75 Å². The number of alkyl halides is 3. The molecule has 0 aromatic heterocycles. The molecule has 0 heterocycles. The number of amides is 2. The number of halogens is 3. The van der Waals surface area contributed by atoms with Crippen molar-refractivity contribution in [1.82, 2.24) is 5.32 Å². The van der Waals surface area contributed by atoms with Crippen molar-refractivity contribution >= 4 is 11.7 Å². The Morgan fingerprint density at radius 3 is 2.29 bits per heavy atom. The van der Waals surface area contributed by atoms with Crippen LogP contribution in [0.4, 0.5) is 23.7 Å². The molecule has 0 aliphatic heterocycles. The molecule has 0 saturated heterocycles. The number of urea groups is 1. The fourth-order valence-corrected chi connectivity index (χ4v) is 2.46. The standard InChI is InChI=1S/C21H25F3N2O2/c1-20(2,3)15-8-10-18(11-9-15)28-13-5-12-25-19(27)26-17-7-4-6-16(14-17)21(22,23)24/h4,6-11,14H,5,12-13H2,1-3H3,(H2,25,26,27). The maximum absolute atomic E-state index is 12.7. The zero-order chi connectivity index (χ0) is 20.8. The smallest absolute Gasteiger partial charge is 0.416 e. The van der Waals surface area contributed by atoms with E-state index in [9.17, 15) is 18.0 Å². The Balaban J connectivity index is 1.70. The summed E-state index contributed by atoms with van der Waals surface area (Å²) in [6, 6.07) is 11.8. The first kappa shape index (κ1) is 21.6. The number of rotatable bonds is 6. The second kappa shape index (κ2) is 8.99. The first-order chi connectivity index (χ1) is 13.1. The van der Waals surface area contributed by atoms with Gasteiger partial charge in [-0.15, -0.1) is 0 Å². The zero-order valence-corrected chi connectivity index (χ0v) is 16.2. The van der Waals surface area contributed by atoms with Crippen molar-refractivity contribution in [3.63, 3.8) is 0 Å². The Morgan fingerprint density at radius 2 is 1.68 bits per heavy atom. The van der Waals surface area contributed by atoms with E-state index in [-0.39, 0.29) is 11.1 Å². The number of hydrogen-bond acceptors (Lipinski definition) is 2. The number of carbonyl (C=O) groups excluding carboxylic acids is 1. The highest BCUT2D eigenvalue weighted by molar-refractivity contribution is 5.89. The maximum atomic E-state index is 12.7. The highest BCUT2D eigenvalue weighted by Gasteiger charge is 2.30. The monoisotopic (exact) mass is 394 g/mol. The van der Waals surface area contributed by atoms with Crippen molar-refractivity contribution in [3.8, 4) is 5.75 Å². The first-order valence-electron chi connectivity index (χ1n) is 9.01. The van der Waals surface area contributed by atoms with Crippen LogP contribution in [0.25, 0.3) is 0 Å². The number of benzene rings is 2. The molecule has 152 valence electrons. The Morgan fingerprint density at radius 1 is 1.00 bits per heavy atom. The third-order valence-corrected chi connectivity index (χ3v) is 4.04. The van der Waals surface area contributed by atoms with E-state index in [0.29, 0.717) is 19.6 Å². The van der Waals surface area contributed by atoms with Crippen molar-refractivity contribution in [2.75, 3.05) is 18.5 Å². The van der Waals surface area contributed by atoms with Crippen LogP contribution in [0.2, 0.25) is 0 Å². The van der Waals surface area contributed by atoms with Gasteiger partial charge in [-0.1, -0.05) is 39.0 Å². The van der Waals surface area contributed by atoms with Gasteiger partial charge in [0.15, 0.2) is 0 Å². The van der Waals surface area contributed by atoms with Crippen LogP contribution in [0.15, 0.2) is 48.5 Å². The second-order valence-corrected chi connectivity index (χ2v) is 7.44. The van der Waals surface area contributed by atoms with E-state index in [1.807, 2.05) is 24.3 Å². The highest BCUT2D eigenvalue weighted by Crippen LogP contribution is 2.30. The number of hydrogen-bond donors (Lipinski definition) is 2. The molecule has 2 rings (SSSR count). The molecule has 0 aliphatic rings. The van der Waals surface area contributed by atoms with E-state index in [4.69, 9.17) is 4.74 Å². The zero-order valence-electron chi connectivity index (χ0n) is 16.2. The molecule has 2 aromatic rings. The summed E-state index contributed by atoms with van der Waals surface area (Å²) in [4.78, 5) is 11.8. The maximum Gasteiger partial charge on any atom is 0.416 e. The lowest BCUT2D eigenvalue weighted by atomic mass is 9.87. The Hall–Kier alpha value is -2.70. The fourth-order valence-electron chi connectivity index (χ4n) is 2.46. The predicted molar refractivity (Wildman–Crippen MR) is 104 cm³/mol. The van der Waals surface area contributed by atoms with Gasteiger partial charge in [-0.25, -0.2) is 4.79 Å². The number of ether oxygens (including phenoxy) is 1. The van der Waals surface area contributed by atoms with E-state index in [0.717, 1.165) is 17.9 Å². The van der Waals surface area contributed by atoms with Gasteiger partial charge in [-0.2, -0.15) is 13.2 Å². The highest BCUT2D eigenvalue weighted by atomic mass is 19.4. The third-order valence-electron chi connectivity index (χ3n) is 4.04. The molecule has 0 unspecified atom stereocenters. The van der Waals surface area contributed by atoms with Crippen molar-refractivity contribution in [1.29, 1.82) is 0 Å². The quantitative estimate of drug-likeness (QED) is 0.627. The van der Waals surface area contributed by atoms with Crippen LogP contribution in [0.1, 0.15) is 38.3 Å². The molecule has 0 radical (unpaired) electrons. The average Bonchev–Trinajstić information content (AvgIpc) is 2.60. The summed E-state index contributed by atoms with van der Waals surface area (Å²) in [5.41, 5.74) is 0.571. The molecule has 7 heteroatoms. The lowest BCUT2D eigenvalue weighted by Crippen LogP contribution is -2.30. The topological polar surface area (TPSA) is 50.4 Å². The summed E-state index contributed by atoms with van der Waals surface area (Å²) < 4.78 is 43.6. The minimum Gasteiger partial charge on any atom is -0.494 e. The molecule has 0 saturated carbocycles. The molecule has 28 heavy (non-hydrogen) atoms. The summed E-state index contributed by atoms with van der Waals surface area (Å²) in [5, 5.41) is 4.99. The summed E-state index contributed by atoms with van der Waals surface area (Å²) in [6.07, 6.45) is -3.88. The molecule has 2 aromatic carbocycles. The molecule has 0 fully saturated rings. The van der Waals surface area contributed by atoms with Crippen LogP contribution >= 0.6 is 0 Å². The van der Waals surface area contributed by atoms with Gasteiger partial charge in [0.05, 0.1) is 12.2 Å². The van der Waals surface area contributed by atoms with E-state index >= 15 is 0 Å². The van der Waals surface area contributed by atoms with Crippen molar-refractivity contribution in [2.24, 2.45) is 0 Å². The third kappa shape index (κ3) is 6.79. The van der Waals surface area contributed by atoms with Crippen LogP contribution < -0.4 is 15.4 Å². The molecule has 2 amide bonds. The van der Waals surface area contributed by atoms with E-state index in [1.54, 1.807) is 0 Å². The summed E-state index contributed by atoms with van der Waals surface area (Å²) >= 11 is 0. The van der Waals surface area contributed by atoms with Gasteiger partial charge in [0.1, 0.15) is 5.75 Å². The molecule has 0 atom stereocenters. The Kier molecular flexibility index (Phi) is 6.94. The summed E-state index contributed by atoms with van der Waals surface area (Å²) in [7, 11) is 0. The average molecular weight is 394 g/mol. The Labute approximate surface area is 163 Å². The van der Waals surface area contributed by atoms with Gasteiger partial charge >= 0.3 is 12.2 Å². The minimum atomic E-state index is -4.45. The molecular formula is C21H25F3N2O2. The van der Waals surface area contributed by atoms with E-state index in [1.165, 1.54) is 17.7 Å². The molecule has 0 bridgehead atoms. The summed E-state index contributed by atoms with van der Waals surface area (Å²) in [6.45, 7) is 7.17. The normalized spacial score (nSPS) is 11.8. The predicted octanol–water partition coefficient (Wildman–Crippen LogP) is 5.59. The minimum absolute atomic E-state index is 0.0788. The van der Waals surface area contributed by atoms with Crippen LogP contribution in [0.3, 0.4) is 0 Å². The lowest BCUT2D eigenvalue weighted by molar-refractivity contribution is -0.137. The first-order valence-corrected chi connectivity index (χ1v) is 9.01. The molecule has 0 aliphatic carbocycles. The van der Waals surface area contributed by atoms with Gasteiger partial charge in [0.2, 0.25) is 0 Å². The van der Waals surface area contributed by atoms with Crippen molar-refractivity contribution in [3.05, 3.63) is 59.7 Å². The van der Waals surface area contributed by atoms with Crippen LogP contribution in [-0.4, -0.2) is 19.2 Å². The SMILES string of the molecule is CC(C)(C)c1ccc(OCCCNC(=O)Nc2cccc(C(F)(F)F)c2)cc1.